The number of carbonyl (C=O) groups excluding carboxylic acids is 1. The van der Waals surface area contributed by atoms with Gasteiger partial charge in [0.2, 0.25) is 0 Å². The van der Waals surface area contributed by atoms with Gasteiger partial charge >= 0.3 is 5.97 Å². The molecule has 0 aliphatic heterocycles. The average Bonchev–Trinajstić information content (AvgIpc) is 2.90. The molecule has 0 unspecified atom stereocenters. The van der Waals surface area contributed by atoms with Gasteiger partial charge in [0.25, 0.3) is 10.2 Å². The van der Waals surface area contributed by atoms with Gasteiger partial charge in [0.1, 0.15) is 35.6 Å². The molecular formula is C22H16F5NO4S5. The molecule has 0 bridgehead atoms. The second kappa shape index (κ2) is 12.3. The van der Waals surface area contributed by atoms with E-state index in [9.17, 15) is 34.1 Å². The van der Waals surface area contributed by atoms with E-state index >= 15 is 0 Å². The maximum Gasteiger partial charge on any atom is 0.328 e. The summed E-state index contributed by atoms with van der Waals surface area (Å²) in [5, 5.41) is 12.4. The summed E-state index contributed by atoms with van der Waals surface area (Å²) in [6, 6.07) is 11.2. The fraction of sp³-hybridized carbons (Fsp3) is 0.182. The molecule has 2 N–H and O–H groups in total. The van der Waals surface area contributed by atoms with E-state index in [1.165, 1.54) is 32.0 Å². The van der Waals surface area contributed by atoms with Gasteiger partial charge in [-0.15, -0.1) is 0 Å². The van der Waals surface area contributed by atoms with Crippen LogP contribution in [0.5, 0.6) is 5.75 Å². The number of aliphatic carboxylic acids is 1. The summed E-state index contributed by atoms with van der Waals surface area (Å²) < 4.78 is 73.1. The number of ether oxygens (including phenoxy) is 1. The highest BCUT2D eigenvalue weighted by Gasteiger charge is 2.44. The number of hydrogen-bond donors (Lipinski definition) is 2. The molecule has 0 aliphatic rings. The summed E-state index contributed by atoms with van der Waals surface area (Å²) in [4.78, 5) is 23.2. The van der Waals surface area contributed by atoms with Crippen LogP contribution in [0.15, 0.2) is 63.2 Å². The van der Waals surface area contributed by atoms with Gasteiger partial charge in [-0.25, -0.2) is 4.79 Å². The Morgan fingerprint density at radius 2 is 1.51 bits per heavy atom. The van der Waals surface area contributed by atoms with Crippen LogP contribution in [0.2, 0.25) is 0 Å². The number of benzene rings is 3. The molecule has 0 radical (unpaired) electrons. The minimum absolute atomic E-state index is 0.223. The van der Waals surface area contributed by atoms with Crippen LogP contribution < -0.4 is 10.1 Å². The van der Waals surface area contributed by atoms with Gasteiger partial charge in [0.15, 0.2) is 0 Å². The highest BCUT2D eigenvalue weighted by molar-refractivity contribution is 8.12. The van der Waals surface area contributed by atoms with E-state index in [0.717, 1.165) is 12.1 Å². The summed E-state index contributed by atoms with van der Waals surface area (Å²) >= 11 is -2.84. The molecule has 1 amide bonds. The number of carboxylic acid groups (broad SMARTS) is 1. The molecule has 37 heavy (non-hydrogen) atoms. The minimum Gasteiger partial charge on any atom is -0.480 e. The van der Waals surface area contributed by atoms with Crippen LogP contribution in [0.1, 0.15) is 29.8 Å². The van der Waals surface area contributed by atoms with Crippen molar-refractivity contribution in [1.82, 2.24) is 5.32 Å². The summed E-state index contributed by atoms with van der Waals surface area (Å²) in [6.07, 6.45) is 0. The molecular weight excluding hydrogens is 598 g/mol. The van der Waals surface area contributed by atoms with Gasteiger partial charge in [-0.05, 0) is 31.4 Å². The summed E-state index contributed by atoms with van der Waals surface area (Å²) in [5.74, 6) is -2.62. The molecule has 0 spiro atoms. The molecule has 3 rings (SSSR count). The van der Waals surface area contributed by atoms with E-state index in [1.54, 1.807) is 18.2 Å². The molecule has 198 valence electrons. The number of hydrogen-bond acceptors (Lipinski definition) is 8. The topological polar surface area (TPSA) is 75.6 Å². The Labute approximate surface area is 230 Å². The standard InChI is InChI=1S/C22H16F5NO4S5/c1-21(2,20(30)31)28-19(29)13-8-7-11-5-3-4-6-12(11)16(13)32-22(36-26,37-27)14-9-10-15(33-23)18(35-25)17(14)34-24/h3-10H,1-2H3,(H,28,29)(H,30,31). The largest absolute Gasteiger partial charge is 0.480 e. The smallest absolute Gasteiger partial charge is 0.328 e. The van der Waals surface area contributed by atoms with Crippen LogP contribution in [0.25, 0.3) is 10.8 Å². The second-order valence-corrected chi connectivity index (χ2v) is 11.3. The zero-order valence-corrected chi connectivity index (χ0v) is 22.8. The molecule has 0 heterocycles. The van der Waals surface area contributed by atoms with Crippen LogP contribution in [-0.4, -0.2) is 22.5 Å². The van der Waals surface area contributed by atoms with E-state index in [-0.39, 0.29) is 33.7 Å². The zero-order valence-electron chi connectivity index (χ0n) is 18.7. The van der Waals surface area contributed by atoms with E-state index < -0.39 is 85.6 Å². The molecule has 0 atom stereocenters. The Kier molecular flexibility index (Phi) is 9.83. The number of amides is 1. The third kappa shape index (κ3) is 5.90. The first kappa shape index (κ1) is 29.6. The molecule has 5 nitrogen and oxygen atoms in total. The Hall–Kier alpha value is -1.94. The molecule has 0 aliphatic carbocycles. The molecule has 0 saturated heterocycles. The normalized spacial score (nSPS) is 12.0. The number of fused-ring (bicyclic) bond motifs is 1. The quantitative estimate of drug-likeness (QED) is 0.163. The van der Waals surface area contributed by atoms with Gasteiger partial charge in [0.05, 0.1) is 56.7 Å². The zero-order chi connectivity index (χ0) is 27.4. The first-order chi connectivity index (χ1) is 17.6. The van der Waals surface area contributed by atoms with E-state index in [2.05, 4.69) is 5.32 Å². The van der Waals surface area contributed by atoms with Crippen molar-refractivity contribution in [3.05, 3.63) is 59.7 Å². The third-order valence-electron chi connectivity index (χ3n) is 5.17. The van der Waals surface area contributed by atoms with Crippen molar-refractivity contribution in [2.75, 3.05) is 0 Å². The number of halogens is 5. The fourth-order valence-corrected chi connectivity index (χ4v) is 5.74. The van der Waals surface area contributed by atoms with Crippen molar-refractivity contribution in [2.24, 2.45) is 0 Å². The lowest BCUT2D eigenvalue weighted by Gasteiger charge is -2.30. The predicted octanol–water partition coefficient (Wildman–Crippen LogP) is 8.79. The molecule has 0 aromatic heterocycles. The van der Waals surface area contributed by atoms with Crippen molar-refractivity contribution in [3.63, 3.8) is 0 Å². The molecule has 3 aromatic rings. The van der Waals surface area contributed by atoms with Gasteiger partial charge < -0.3 is 15.2 Å². The first-order valence-corrected chi connectivity index (χ1v) is 13.6. The van der Waals surface area contributed by atoms with Crippen molar-refractivity contribution >= 4 is 83.4 Å². The third-order valence-corrected chi connectivity index (χ3v) is 8.48. The lowest BCUT2D eigenvalue weighted by Crippen LogP contribution is -2.49. The number of carbonyl (C=O) groups is 2. The van der Waals surface area contributed by atoms with Crippen LogP contribution >= 0.6 is 60.7 Å². The molecule has 0 saturated carbocycles. The summed E-state index contributed by atoms with van der Waals surface area (Å²) in [7, 11) is 0. The fourth-order valence-electron chi connectivity index (χ4n) is 3.25. The molecule has 0 fully saturated rings. The van der Waals surface area contributed by atoms with Crippen molar-refractivity contribution < 1.29 is 38.9 Å². The summed E-state index contributed by atoms with van der Waals surface area (Å²) in [6.45, 7) is 2.47. The van der Waals surface area contributed by atoms with Gasteiger partial charge in [-0.1, -0.05) is 36.4 Å². The van der Waals surface area contributed by atoms with Gasteiger partial charge in [0, 0.05) is 10.9 Å². The highest BCUT2D eigenvalue weighted by Crippen LogP contribution is 2.55. The van der Waals surface area contributed by atoms with Crippen LogP contribution in [0.3, 0.4) is 0 Å². The van der Waals surface area contributed by atoms with Crippen molar-refractivity contribution in [2.45, 2.75) is 38.3 Å². The van der Waals surface area contributed by atoms with Crippen LogP contribution in [0.4, 0.5) is 19.4 Å². The lowest BCUT2D eigenvalue weighted by atomic mass is 10.0. The van der Waals surface area contributed by atoms with E-state index in [0.29, 0.717) is 5.39 Å². The maximum absolute atomic E-state index is 14.6. The SMILES string of the molecule is CC(C)(NC(=O)c1ccc2ccccc2c1OC(SF)(SF)c1ccc(SF)c(SF)c1SF)C(=O)O. The Morgan fingerprint density at radius 3 is 2.08 bits per heavy atom. The second-order valence-electron chi connectivity index (χ2n) is 7.86. The monoisotopic (exact) mass is 613 g/mol. The van der Waals surface area contributed by atoms with Crippen molar-refractivity contribution in [3.8, 4) is 5.75 Å². The Morgan fingerprint density at radius 1 is 0.865 bits per heavy atom. The minimum atomic E-state index is -2.72. The van der Waals surface area contributed by atoms with Gasteiger partial charge in [-0.3, -0.25) is 4.79 Å². The number of carboxylic acids is 1. The van der Waals surface area contributed by atoms with Crippen molar-refractivity contribution in [1.29, 1.82) is 0 Å². The predicted molar refractivity (Wildman–Crippen MR) is 140 cm³/mol. The molecule has 3 aromatic carbocycles. The summed E-state index contributed by atoms with van der Waals surface area (Å²) in [5.41, 5.74) is -2.50. The average molecular weight is 614 g/mol. The van der Waals surface area contributed by atoms with E-state index in [4.69, 9.17) is 4.74 Å². The Balaban J connectivity index is 2.26. The van der Waals surface area contributed by atoms with E-state index in [1.807, 2.05) is 0 Å². The number of nitrogens with one attached hydrogen (secondary N) is 1. The van der Waals surface area contributed by atoms with Crippen LogP contribution in [0, 0.1) is 0 Å². The maximum atomic E-state index is 14.6. The lowest BCUT2D eigenvalue weighted by molar-refractivity contribution is -0.143. The van der Waals surface area contributed by atoms with Crippen LogP contribution in [-0.2, 0) is 9.06 Å². The van der Waals surface area contributed by atoms with Gasteiger partial charge in [-0.2, -0.15) is 19.4 Å². The Bertz CT molecular complexity index is 1330. The highest BCUT2D eigenvalue weighted by atomic mass is 32.2. The number of rotatable bonds is 11. The first-order valence-electron chi connectivity index (χ1n) is 9.98. The molecule has 15 heteroatoms.